The lowest BCUT2D eigenvalue weighted by Gasteiger charge is -2.33. The summed E-state index contributed by atoms with van der Waals surface area (Å²) in [6.07, 6.45) is -2.20. The fraction of sp³-hybridized carbons (Fsp3) is 0.302. The smallest absolute Gasteiger partial charge is 0.417 e. The zero-order valence-corrected chi connectivity index (χ0v) is 35.1. The molecule has 21 heteroatoms. The molecule has 3 heterocycles. The lowest BCUT2D eigenvalue weighted by molar-refractivity contribution is -0.137. The first-order chi connectivity index (χ1) is 30.4. The Bertz CT molecular complexity index is 2880. The standard InChI is InChI=1S/C43H41F4N9O7S/c1-42(59,41(58)52-29-10-7-26(22-48)33(21-29)43(45,46)47)23-64(60,61)31-13-11-30(12-14-31)63-18-4-17-62-16-3-15-49-28-8-5-25(6-9-28)37-36(39-50-24-51-56(39)2)38-35-32(40(57)55-54-38)19-27(44)20-34(35)53-37/h5-14,19-21,24,36-37,49,53,59H,3-4,15-18,23H2,1-2H3,(H,52,58)(H,55,57)/t36-,37-,42?/m1/s1. The number of nitriles is 1. The highest BCUT2D eigenvalue weighted by Crippen LogP contribution is 2.46. The average molecular weight is 904 g/mol. The van der Waals surface area contributed by atoms with Crippen LogP contribution in [0.4, 0.5) is 34.6 Å². The van der Waals surface area contributed by atoms with E-state index in [4.69, 9.17) is 14.7 Å². The summed E-state index contributed by atoms with van der Waals surface area (Å²) >= 11 is 0. The highest BCUT2D eigenvalue weighted by atomic mass is 32.2. The largest absolute Gasteiger partial charge is 0.494 e. The van der Waals surface area contributed by atoms with Gasteiger partial charge in [-0.15, -0.1) is 0 Å². The van der Waals surface area contributed by atoms with E-state index >= 15 is 0 Å². The van der Waals surface area contributed by atoms with E-state index in [2.05, 4.69) is 36.2 Å². The molecule has 1 amide bonds. The van der Waals surface area contributed by atoms with Crippen LogP contribution in [-0.4, -0.2) is 82.1 Å². The summed E-state index contributed by atoms with van der Waals surface area (Å²) in [4.78, 5) is 29.6. The van der Waals surface area contributed by atoms with Crippen LogP contribution < -0.4 is 26.2 Å². The Morgan fingerprint density at radius 3 is 2.41 bits per heavy atom. The van der Waals surface area contributed by atoms with Crippen molar-refractivity contribution in [2.24, 2.45) is 7.05 Å². The molecule has 7 rings (SSSR count). The number of rotatable bonds is 17. The van der Waals surface area contributed by atoms with Crippen LogP contribution in [0.15, 0.2) is 94.9 Å². The summed E-state index contributed by atoms with van der Waals surface area (Å²) in [7, 11) is -2.48. The Morgan fingerprint density at radius 1 is 1.00 bits per heavy atom. The molecule has 4 aromatic carbocycles. The Labute approximate surface area is 363 Å². The van der Waals surface area contributed by atoms with E-state index in [-0.39, 0.29) is 22.6 Å². The number of halogens is 4. The summed E-state index contributed by atoms with van der Waals surface area (Å²) < 4.78 is 93.8. The number of anilines is 3. The molecule has 64 heavy (non-hydrogen) atoms. The van der Waals surface area contributed by atoms with Crippen LogP contribution in [0, 0.1) is 17.1 Å². The number of nitrogens with zero attached hydrogens (tertiary/aromatic N) is 5. The predicted octanol–water partition coefficient (Wildman–Crippen LogP) is 5.83. The number of H-pyrrole nitrogens is 1. The van der Waals surface area contributed by atoms with Crippen molar-refractivity contribution < 1.29 is 45.4 Å². The number of hydrogen-bond donors (Lipinski definition) is 5. The van der Waals surface area contributed by atoms with Crippen LogP contribution in [0.3, 0.4) is 0 Å². The fourth-order valence-corrected chi connectivity index (χ4v) is 8.91. The minimum atomic E-state index is -4.89. The molecule has 1 aliphatic heterocycles. The molecule has 1 unspecified atom stereocenters. The number of aromatic amines is 1. The number of aromatic nitrogens is 5. The Hall–Kier alpha value is -6.89. The van der Waals surface area contributed by atoms with Gasteiger partial charge in [0, 0.05) is 55.7 Å². The van der Waals surface area contributed by atoms with Gasteiger partial charge >= 0.3 is 6.18 Å². The molecule has 16 nitrogen and oxygen atoms in total. The third-order valence-electron chi connectivity index (χ3n) is 10.5. The van der Waals surface area contributed by atoms with Crippen molar-refractivity contribution in [3.63, 3.8) is 0 Å². The number of carbonyl (C=O) groups is 1. The van der Waals surface area contributed by atoms with Crippen molar-refractivity contribution >= 4 is 43.6 Å². The van der Waals surface area contributed by atoms with Gasteiger partial charge in [-0.1, -0.05) is 12.1 Å². The number of hydrogen-bond acceptors (Lipinski definition) is 13. The summed E-state index contributed by atoms with van der Waals surface area (Å²) in [6, 6.07) is 19.1. The van der Waals surface area contributed by atoms with Crippen molar-refractivity contribution in [1.82, 2.24) is 25.0 Å². The minimum Gasteiger partial charge on any atom is -0.494 e. The van der Waals surface area contributed by atoms with Gasteiger partial charge in [0.2, 0.25) is 0 Å². The second-order valence-electron chi connectivity index (χ2n) is 15.2. The second-order valence-corrected chi connectivity index (χ2v) is 17.2. The van der Waals surface area contributed by atoms with E-state index in [9.17, 15) is 40.7 Å². The molecule has 334 valence electrons. The third kappa shape index (κ3) is 9.99. The van der Waals surface area contributed by atoms with Crippen molar-refractivity contribution in [3.8, 4) is 11.8 Å². The zero-order valence-electron chi connectivity index (χ0n) is 34.2. The molecule has 5 N–H and O–H groups in total. The number of benzene rings is 4. The first-order valence-electron chi connectivity index (χ1n) is 19.8. The minimum absolute atomic E-state index is 0.192. The van der Waals surface area contributed by atoms with Crippen molar-refractivity contribution in [1.29, 1.82) is 5.26 Å². The van der Waals surface area contributed by atoms with Crippen LogP contribution in [0.5, 0.6) is 5.75 Å². The molecule has 0 saturated carbocycles. The number of amides is 1. The highest BCUT2D eigenvalue weighted by Gasteiger charge is 2.39. The van der Waals surface area contributed by atoms with E-state index in [1.807, 2.05) is 24.3 Å². The van der Waals surface area contributed by atoms with E-state index in [0.717, 1.165) is 30.3 Å². The number of nitrogens with one attached hydrogen (secondary N) is 4. The molecule has 0 bridgehead atoms. The van der Waals surface area contributed by atoms with Crippen LogP contribution in [0.25, 0.3) is 10.8 Å². The Kier molecular flexibility index (Phi) is 13.0. The zero-order chi connectivity index (χ0) is 45.8. The van der Waals surface area contributed by atoms with Crippen LogP contribution >= 0.6 is 0 Å². The SMILES string of the molecule is Cn1ncnc1[C@H]1c2n[nH]c(=O)c3cc(F)cc(c23)N[C@@H]1c1ccc(NCCCOCCCOc2ccc(S(=O)(=O)CC(C)(O)C(=O)Nc3ccc(C#N)c(C(F)(F)F)c3)cc2)cc1. The molecule has 3 atom stereocenters. The maximum absolute atomic E-state index is 14.6. The Balaban J connectivity index is 0.832. The van der Waals surface area contributed by atoms with Gasteiger partial charge < -0.3 is 30.5 Å². The van der Waals surface area contributed by atoms with Gasteiger partial charge in [0.05, 0.1) is 57.5 Å². The molecule has 0 spiro atoms. The summed E-state index contributed by atoms with van der Waals surface area (Å²) in [5, 5.41) is 40.5. The second kappa shape index (κ2) is 18.4. The highest BCUT2D eigenvalue weighted by molar-refractivity contribution is 7.91. The number of aliphatic hydroxyl groups is 1. The molecule has 2 aromatic heterocycles. The molecule has 6 aromatic rings. The number of carbonyl (C=O) groups excluding carboxylic acids is 1. The van der Waals surface area contributed by atoms with Crippen LogP contribution in [-0.2, 0) is 32.6 Å². The van der Waals surface area contributed by atoms with E-state index in [1.54, 1.807) is 11.7 Å². The molecule has 0 saturated heterocycles. The Morgan fingerprint density at radius 2 is 1.72 bits per heavy atom. The lowest BCUT2D eigenvalue weighted by atomic mass is 9.83. The normalized spacial score (nSPS) is 15.8. The van der Waals surface area contributed by atoms with Gasteiger partial charge in [-0.05, 0) is 85.6 Å². The van der Waals surface area contributed by atoms with Gasteiger partial charge in [0.25, 0.3) is 11.5 Å². The quantitative estimate of drug-likeness (QED) is 0.0537. The van der Waals surface area contributed by atoms with Gasteiger partial charge in [0.1, 0.15) is 23.7 Å². The molecule has 0 aliphatic carbocycles. The maximum atomic E-state index is 14.6. The number of ether oxygens (including phenoxy) is 2. The summed E-state index contributed by atoms with van der Waals surface area (Å²) in [6.45, 7) is 2.70. The maximum Gasteiger partial charge on any atom is 0.417 e. The number of sulfone groups is 1. The predicted molar refractivity (Wildman–Crippen MR) is 226 cm³/mol. The van der Waals surface area contributed by atoms with Crippen LogP contribution in [0.1, 0.15) is 59.9 Å². The molecular formula is C43H41F4N9O7S. The first-order valence-corrected chi connectivity index (χ1v) is 21.4. The van der Waals surface area contributed by atoms with E-state index < -0.39 is 67.7 Å². The number of alkyl halides is 3. The first kappa shape index (κ1) is 45.1. The third-order valence-corrected chi connectivity index (χ3v) is 12.4. The van der Waals surface area contributed by atoms with Gasteiger partial charge in [-0.25, -0.2) is 22.9 Å². The average Bonchev–Trinajstić information content (AvgIpc) is 3.68. The van der Waals surface area contributed by atoms with E-state index in [0.29, 0.717) is 67.0 Å². The van der Waals surface area contributed by atoms with E-state index in [1.165, 1.54) is 48.8 Å². The molecular weight excluding hydrogens is 863 g/mol. The van der Waals surface area contributed by atoms with Crippen LogP contribution in [0.2, 0.25) is 0 Å². The lowest BCUT2D eigenvalue weighted by Crippen LogP contribution is -2.45. The summed E-state index contributed by atoms with van der Waals surface area (Å²) in [5.41, 5.74) is -2.59. The van der Waals surface area contributed by atoms with Gasteiger partial charge in [-0.2, -0.15) is 28.6 Å². The van der Waals surface area contributed by atoms with Crippen molar-refractivity contribution in [3.05, 3.63) is 130 Å². The fourth-order valence-electron chi connectivity index (χ4n) is 7.32. The molecule has 1 aliphatic rings. The summed E-state index contributed by atoms with van der Waals surface area (Å²) in [5.74, 6) is -2.35. The van der Waals surface area contributed by atoms with Crippen molar-refractivity contribution in [2.45, 2.75) is 48.4 Å². The topological polar surface area (TPSA) is 226 Å². The monoisotopic (exact) mass is 903 g/mol. The number of aryl methyl sites for hydroxylation is 1. The van der Waals surface area contributed by atoms with Crippen molar-refractivity contribution in [2.75, 3.05) is 48.1 Å². The van der Waals surface area contributed by atoms with Gasteiger partial charge in [-0.3, -0.25) is 14.3 Å². The molecule has 0 radical (unpaired) electrons. The van der Waals surface area contributed by atoms with Gasteiger partial charge in [0.15, 0.2) is 15.4 Å². The molecule has 0 fully saturated rings.